The van der Waals surface area contributed by atoms with Gasteiger partial charge in [0.15, 0.2) is 11.6 Å². The van der Waals surface area contributed by atoms with Gasteiger partial charge in [0.1, 0.15) is 6.33 Å². The fraction of sp³-hybridized carbons (Fsp3) is 0.421. The quantitative estimate of drug-likeness (QED) is 0.910. The lowest BCUT2D eigenvalue weighted by Crippen LogP contribution is -2.42. The molecular formula is C19H22FN5O. The smallest absolute Gasteiger partial charge is 0.222 e. The standard InChI is InChI=1S/C19H22FN5O/c20-16-18(24-8-3-6-15(11-24)17(21)26)22-12-23-19(16)25-9-7-13-4-1-2-5-14(13)10-25/h1-2,4-5,12,15H,3,6-11H2,(H2,21,26). The van der Waals surface area contributed by atoms with Crippen molar-refractivity contribution in [2.45, 2.75) is 25.8 Å². The van der Waals surface area contributed by atoms with E-state index in [0.29, 0.717) is 32.0 Å². The first-order chi connectivity index (χ1) is 12.6. The van der Waals surface area contributed by atoms with E-state index < -0.39 is 5.82 Å². The van der Waals surface area contributed by atoms with Gasteiger partial charge in [-0.25, -0.2) is 9.97 Å². The van der Waals surface area contributed by atoms with Gasteiger partial charge in [-0.1, -0.05) is 24.3 Å². The summed E-state index contributed by atoms with van der Waals surface area (Å²) in [7, 11) is 0. The van der Waals surface area contributed by atoms with Crippen LogP contribution in [0.1, 0.15) is 24.0 Å². The van der Waals surface area contributed by atoms with Crippen LogP contribution in [0.3, 0.4) is 0 Å². The molecule has 136 valence electrons. The Kier molecular flexibility index (Phi) is 4.44. The van der Waals surface area contributed by atoms with Gasteiger partial charge in [-0.15, -0.1) is 0 Å². The number of carbonyl (C=O) groups excluding carboxylic acids is 1. The summed E-state index contributed by atoms with van der Waals surface area (Å²) in [5, 5.41) is 0. The second-order valence-corrected chi connectivity index (χ2v) is 6.96. The molecule has 3 heterocycles. The lowest BCUT2D eigenvalue weighted by atomic mass is 9.97. The molecule has 0 aliphatic carbocycles. The molecule has 1 unspecified atom stereocenters. The van der Waals surface area contributed by atoms with Crippen LogP contribution in [0.4, 0.5) is 16.0 Å². The van der Waals surface area contributed by atoms with Crippen LogP contribution >= 0.6 is 0 Å². The molecule has 6 nitrogen and oxygen atoms in total. The number of anilines is 2. The average Bonchev–Trinajstić information content (AvgIpc) is 2.68. The predicted molar refractivity (Wildman–Crippen MR) is 97.3 cm³/mol. The summed E-state index contributed by atoms with van der Waals surface area (Å²) in [6, 6.07) is 8.22. The maximum absolute atomic E-state index is 15.2. The highest BCUT2D eigenvalue weighted by Crippen LogP contribution is 2.30. The first kappa shape index (κ1) is 16.8. The number of hydrogen-bond acceptors (Lipinski definition) is 5. The number of nitrogens with two attached hydrogens (primary N) is 1. The lowest BCUT2D eigenvalue weighted by Gasteiger charge is -2.34. The van der Waals surface area contributed by atoms with Crippen molar-refractivity contribution in [1.82, 2.24) is 9.97 Å². The molecular weight excluding hydrogens is 333 g/mol. The van der Waals surface area contributed by atoms with Crippen molar-refractivity contribution in [1.29, 1.82) is 0 Å². The van der Waals surface area contributed by atoms with Crippen molar-refractivity contribution < 1.29 is 9.18 Å². The number of aromatic nitrogens is 2. The highest BCUT2D eigenvalue weighted by molar-refractivity contribution is 5.77. The zero-order valence-corrected chi connectivity index (χ0v) is 14.6. The molecule has 26 heavy (non-hydrogen) atoms. The molecule has 1 saturated heterocycles. The number of amides is 1. The van der Waals surface area contributed by atoms with E-state index in [9.17, 15) is 4.79 Å². The summed E-state index contributed by atoms with van der Waals surface area (Å²) >= 11 is 0. The van der Waals surface area contributed by atoms with E-state index in [0.717, 1.165) is 19.3 Å². The van der Waals surface area contributed by atoms with E-state index in [4.69, 9.17) is 5.73 Å². The largest absolute Gasteiger partial charge is 0.369 e. The number of halogens is 1. The van der Waals surface area contributed by atoms with Gasteiger partial charge in [-0.2, -0.15) is 4.39 Å². The maximum Gasteiger partial charge on any atom is 0.222 e. The molecule has 2 aromatic rings. The number of carbonyl (C=O) groups is 1. The highest BCUT2D eigenvalue weighted by Gasteiger charge is 2.29. The Bertz CT molecular complexity index is 827. The van der Waals surface area contributed by atoms with Crippen LogP contribution in [0.15, 0.2) is 30.6 Å². The number of benzene rings is 1. The maximum atomic E-state index is 15.2. The van der Waals surface area contributed by atoms with Crippen LogP contribution in [-0.4, -0.2) is 35.5 Å². The third-order valence-corrected chi connectivity index (χ3v) is 5.31. The molecule has 1 amide bonds. The molecule has 2 aliphatic heterocycles. The molecule has 0 radical (unpaired) electrons. The van der Waals surface area contributed by atoms with E-state index in [-0.39, 0.29) is 17.6 Å². The summed E-state index contributed by atoms with van der Waals surface area (Å²) in [6.07, 6.45) is 3.81. The third-order valence-electron chi connectivity index (χ3n) is 5.31. The average molecular weight is 355 g/mol. The van der Waals surface area contributed by atoms with Crippen LogP contribution in [0.2, 0.25) is 0 Å². The van der Waals surface area contributed by atoms with E-state index in [1.54, 1.807) is 0 Å². The summed E-state index contributed by atoms with van der Waals surface area (Å²) in [4.78, 5) is 23.6. The zero-order valence-electron chi connectivity index (χ0n) is 14.6. The Labute approximate surface area is 151 Å². The van der Waals surface area contributed by atoms with E-state index >= 15 is 4.39 Å². The second-order valence-electron chi connectivity index (χ2n) is 6.96. The van der Waals surface area contributed by atoms with E-state index in [1.807, 2.05) is 21.9 Å². The molecule has 0 saturated carbocycles. The van der Waals surface area contributed by atoms with E-state index in [1.165, 1.54) is 17.5 Å². The second kappa shape index (κ2) is 6.90. The molecule has 1 aromatic heterocycles. The molecule has 7 heteroatoms. The molecule has 0 bridgehead atoms. The van der Waals surface area contributed by atoms with Crippen molar-refractivity contribution >= 4 is 17.5 Å². The molecule has 1 aromatic carbocycles. The lowest BCUT2D eigenvalue weighted by molar-refractivity contribution is -0.122. The van der Waals surface area contributed by atoms with Crippen molar-refractivity contribution in [3.63, 3.8) is 0 Å². The van der Waals surface area contributed by atoms with Crippen LogP contribution in [0.25, 0.3) is 0 Å². The van der Waals surface area contributed by atoms with Crippen molar-refractivity contribution in [3.8, 4) is 0 Å². The number of rotatable bonds is 3. The van der Waals surface area contributed by atoms with Crippen molar-refractivity contribution in [2.24, 2.45) is 11.7 Å². The van der Waals surface area contributed by atoms with Gasteiger partial charge >= 0.3 is 0 Å². The monoisotopic (exact) mass is 355 g/mol. The van der Waals surface area contributed by atoms with Gasteiger partial charge in [0.2, 0.25) is 11.7 Å². The first-order valence-corrected chi connectivity index (χ1v) is 9.00. The van der Waals surface area contributed by atoms with Crippen LogP contribution < -0.4 is 15.5 Å². The van der Waals surface area contributed by atoms with Crippen molar-refractivity contribution in [3.05, 3.63) is 47.5 Å². The minimum Gasteiger partial charge on any atom is -0.369 e. The minimum absolute atomic E-state index is 0.261. The Morgan fingerprint density at radius 3 is 2.62 bits per heavy atom. The van der Waals surface area contributed by atoms with Gasteiger partial charge in [0, 0.05) is 26.2 Å². The van der Waals surface area contributed by atoms with Gasteiger partial charge in [-0.05, 0) is 30.4 Å². The van der Waals surface area contributed by atoms with Crippen LogP contribution in [0.5, 0.6) is 0 Å². The van der Waals surface area contributed by atoms with E-state index in [2.05, 4.69) is 22.1 Å². The van der Waals surface area contributed by atoms with Crippen molar-refractivity contribution in [2.75, 3.05) is 29.4 Å². The Balaban J connectivity index is 1.60. The Morgan fingerprint density at radius 2 is 1.85 bits per heavy atom. The van der Waals surface area contributed by atoms with Crippen LogP contribution in [-0.2, 0) is 17.8 Å². The molecule has 1 fully saturated rings. The third kappa shape index (κ3) is 3.09. The van der Waals surface area contributed by atoms with Gasteiger partial charge in [-0.3, -0.25) is 4.79 Å². The number of primary amides is 1. The molecule has 2 aliphatic rings. The summed E-state index contributed by atoms with van der Waals surface area (Å²) < 4.78 is 15.2. The van der Waals surface area contributed by atoms with Crippen LogP contribution in [0, 0.1) is 11.7 Å². The normalized spacial score (nSPS) is 20.0. The molecule has 0 spiro atoms. The van der Waals surface area contributed by atoms with Gasteiger partial charge in [0.25, 0.3) is 0 Å². The fourth-order valence-corrected chi connectivity index (χ4v) is 3.87. The summed E-state index contributed by atoms with van der Waals surface area (Å²) in [5.41, 5.74) is 7.94. The topological polar surface area (TPSA) is 75.4 Å². The number of piperidine rings is 1. The number of fused-ring (bicyclic) bond motifs is 1. The molecule has 4 rings (SSSR count). The summed E-state index contributed by atoms with van der Waals surface area (Å²) in [6.45, 7) is 2.42. The fourth-order valence-electron chi connectivity index (χ4n) is 3.87. The van der Waals surface area contributed by atoms with Gasteiger partial charge in [0.05, 0.1) is 5.92 Å². The number of nitrogens with zero attached hydrogens (tertiary/aromatic N) is 4. The highest BCUT2D eigenvalue weighted by atomic mass is 19.1. The summed E-state index contributed by atoms with van der Waals surface area (Å²) in [5.74, 6) is -0.428. The van der Waals surface area contributed by atoms with Gasteiger partial charge < -0.3 is 15.5 Å². The first-order valence-electron chi connectivity index (χ1n) is 9.00. The Hall–Kier alpha value is -2.70. The molecule has 2 N–H and O–H groups in total. The number of hydrogen-bond donors (Lipinski definition) is 1. The minimum atomic E-state index is -0.419. The molecule has 1 atom stereocenters. The zero-order chi connectivity index (χ0) is 18.1. The SMILES string of the molecule is NC(=O)C1CCCN(c2ncnc(N3CCc4ccccc4C3)c2F)C1. The predicted octanol–water partition coefficient (Wildman–Crippen LogP) is 1.88. The Morgan fingerprint density at radius 1 is 1.12 bits per heavy atom.